The van der Waals surface area contributed by atoms with Crippen LogP contribution in [0.3, 0.4) is 0 Å². The SMILES string of the molecule is NCCOCC(=O)Cc1c(Cl)cccc1Cl. The minimum absolute atomic E-state index is 0.0404. The number of ether oxygens (including phenoxy) is 1. The first-order chi connectivity index (χ1) is 7.65. The average molecular weight is 262 g/mol. The van der Waals surface area contributed by atoms with Crippen LogP contribution in [0.15, 0.2) is 18.2 Å². The summed E-state index contributed by atoms with van der Waals surface area (Å²) in [5.74, 6) is -0.0662. The fourth-order valence-electron chi connectivity index (χ4n) is 1.22. The molecule has 0 fully saturated rings. The number of carbonyl (C=O) groups is 1. The third-order valence-corrected chi connectivity index (χ3v) is 2.67. The minimum atomic E-state index is -0.0662. The normalized spacial score (nSPS) is 10.4. The van der Waals surface area contributed by atoms with Gasteiger partial charge < -0.3 is 10.5 Å². The molecule has 88 valence electrons. The van der Waals surface area contributed by atoms with Gasteiger partial charge in [0.05, 0.1) is 6.61 Å². The summed E-state index contributed by atoms with van der Waals surface area (Å²) in [6.45, 7) is 0.820. The Morgan fingerprint density at radius 1 is 1.31 bits per heavy atom. The first kappa shape index (κ1) is 13.5. The second-order valence-electron chi connectivity index (χ2n) is 3.26. The van der Waals surface area contributed by atoms with E-state index in [1.165, 1.54) is 0 Å². The number of halogens is 2. The van der Waals surface area contributed by atoms with Gasteiger partial charge in [-0.05, 0) is 17.7 Å². The van der Waals surface area contributed by atoms with Gasteiger partial charge in [0.15, 0.2) is 5.78 Å². The van der Waals surface area contributed by atoms with Gasteiger partial charge in [-0.2, -0.15) is 0 Å². The molecule has 0 spiro atoms. The quantitative estimate of drug-likeness (QED) is 0.798. The number of Topliss-reactive ketones (excluding diaryl/α,β-unsaturated/α-hetero) is 1. The van der Waals surface area contributed by atoms with Gasteiger partial charge in [-0.15, -0.1) is 0 Å². The van der Waals surface area contributed by atoms with Crippen LogP contribution in [0.25, 0.3) is 0 Å². The first-order valence-electron chi connectivity index (χ1n) is 4.87. The van der Waals surface area contributed by atoms with E-state index in [2.05, 4.69) is 0 Å². The Balaban J connectivity index is 2.56. The number of hydrogen-bond donors (Lipinski definition) is 1. The minimum Gasteiger partial charge on any atom is -0.372 e. The van der Waals surface area contributed by atoms with Crippen LogP contribution in [0.5, 0.6) is 0 Å². The molecule has 0 bridgehead atoms. The van der Waals surface area contributed by atoms with Gasteiger partial charge in [0.2, 0.25) is 0 Å². The fraction of sp³-hybridized carbons (Fsp3) is 0.364. The zero-order chi connectivity index (χ0) is 12.0. The Bertz CT molecular complexity index is 349. The fourth-order valence-corrected chi connectivity index (χ4v) is 1.75. The number of benzene rings is 1. The molecule has 1 aromatic carbocycles. The van der Waals surface area contributed by atoms with Gasteiger partial charge in [-0.25, -0.2) is 0 Å². The van der Waals surface area contributed by atoms with Crippen LogP contribution in [0.4, 0.5) is 0 Å². The molecule has 0 radical (unpaired) electrons. The van der Waals surface area contributed by atoms with Gasteiger partial charge in [-0.3, -0.25) is 4.79 Å². The summed E-state index contributed by atoms with van der Waals surface area (Å²) in [5, 5.41) is 0.999. The zero-order valence-corrected chi connectivity index (χ0v) is 10.2. The summed E-state index contributed by atoms with van der Waals surface area (Å²) in [7, 11) is 0. The lowest BCUT2D eigenvalue weighted by atomic mass is 10.1. The summed E-state index contributed by atoms with van der Waals surface area (Å²) in [5.41, 5.74) is 5.88. The maximum absolute atomic E-state index is 11.5. The van der Waals surface area contributed by atoms with Crippen molar-refractivity contribution in [3.05, 3.63) is 33.8 Å². The maximum Gasteiger partial charge on any atom is 0.162 e. The Kier molecular flexibility index (Phi) is 5.77. The van der Waals surface area contributed by atoms with Crippen molar-refractivity contribution < 1.29 is 9.53 Å². The van der Waals surface area contributed by atoms with E-state index in [0.29, 0.717) is 28.8 Å². The second kappa shape index (κ2) is 6.86. The molecule has 5 heteroatoms. The van der Waals surface area contributed by atoms with E-state index in [0.717, 1.165) is 0 Å². The highest BCUT2D eigenvalue weighted by atomic mass is 35.5. The molecule has 2 N–H and O–H groups in total. The summed E-state index contributed by atoms with van der Waals surface area (Å²) >= 11 is 11.9. The molecular weight excluding hydrogens is 249 g/mol. The van der Waals surface area contributed by atoms with Crippen LogP contribution >= 0.6 is 23.2 Å². The standard InChI is InChI=1S/C11H13Cl2NO2/c12-10-2-1-3-11(13)9(10)6-8(15)7-16-5-4-14/h1-3H,4-7,14H2. The molecule has 1 rings (SSSR count). The number of ketones is 1. The number of rotatable bonds is 6. The molecule has 0 saturated heterocycles. The van der Waals surface area contributed by atoms with Crippen molar-refractivity contribution in [3.8, 4) is 0 Å². The predicted octanol–water partition coefficient (Wildman–Crippen LogP) is 2.08. The van der Waals surface area contributed by atoms with E-state index in [4.69, 9.17) is 33.7 Å². The lowest BCUT2D eigenvalue weighted by molar-refractivity contribution is -0.122. The van der Waals surface area contributed by atoms with Crippen LogP contribution in [-0.2, 0) is 16.0 Å². The molecule has 0 atom stereocenters. The van der Waals surface area contributed by atoms with Gasteiger partial charge in [0, 0.05) is 23.0 Å². The van der Waals surface area contributed by atoms with Gasteiger partial charge >= 0.3 is 0 Å². The van der Waals surface area contributed by atoms with Crippen molar-refractivity contribution in [1.82, 2.24) is 0 Å². The van der Waals surface area contributed by atoms with Crippen LogP contribution in [0.2, 0.25) is 10.0 Å². The molecule has 3 nitrogen and oxygen atoms in total. The van der Waals surface area contributed by atoms with Gasteiger partial charge in [-0.1, -0.05) is 29.3 Å². The molecule has 0 heterocycles. The Labute approximate surface area is 104 Å². The molecule has 0 saturated carbocycles. The number of nitrogens with two attached hydrogens (primary N) is 1. The lowest BCUT2D eigenvalue weighted by Crippen LogP contribution is -2.16. The third kappa shape index (κ3) is 4.10. The monoisotopic (exact) mass is 261 g/mol. The van der Waals surface area contributed by atoms with Crippen molar-refractivity contribution in [1.29, 1.82) is 0 Å². The molecule has 0 amide bonds. The van der Waals surface area contributed by atoms with Gasteiger partial charge in [0.25, 0.3) is 0 Å². The summed E-state index contributed by atoms with van der Waals surface area (Å²) in [4.78, 5) is 11.5. The second-order valence-corrected chi connectivity index (χ2v) is 4.07. The smallest absolute Gasteiger partial charge is 0.162 e. The van der Waals surface area contributed by atoms with Crippen molar-refractivity contribution in [3.63, 3.8) is 0 Å². The topological polar surface area (TPSA) is 52.3 Å². The van der Waals surface area contributed by atoms with E-state index in [9.17, 15) is 4.79 Å². The van der Waals surface area contributed by atoms with Gasteiger partial charge in [0.1, 0.15) is 6.61 Å². The van der Waals surface area contributed by atoms with Crippen molar-refractivity contribution in [2.75, 3.05) is 19.8 Å². The third-order valence-electron chi connectivity index (χ3n) is 1.96. The summed E-state index contributed by atoms with van der Waals surface area (Å²) in [6, 6.07) is 5.15. The Morgan fingerprint density at radius 2 is 1.94 bits per heavy atom. The number of hydrogen-bond acceptors (Lipinski definition) is 3. The van der Waals surface area contributed by atoms with Crippen molar-refractivity contribution >= 4 is 29.0 Å². The molecule has 0 aromatic heterocycles. The highest BCUT2D eigenvalue weighted by Gasteiger charge is 2.10. The molecule has 0 aliphatic heterocycles. The highest BCUT2D eigenvalue weighted by molar-refractivity contribution is 6.36. The molecule has 16 heavy (non-hydrogen) atoms. The molecule has 0 unspecified atom stereocenters. The Hall–Kier alpha value is -0.610. The van der Waals surface area contributed by atoms with Crippen LogP contribution in [-0.4, -0.2) is 25.5 Å². The van der Waals surface area contributed by atoms with Crippen LogP contribution in [0, 0.1) is 0 Å². The summed E-state index contributed by atoms with van der Waals surface area (Å²) < 4.78 is 5.04. The van der Waals surface area contributed by atoms with E-state index < -0.39 is 0 Å². The van der Waals surface area contributed by atoms with Crippen molar-refractivity contribution in [2.45, 2.75) is 6.42 Å². The number of carbonyl (C=O) groups excluding carboxylic acids is 1. The van der Waals surface area contributed by atoms with E-state index in [-0.39, 0.29) is 18.8 Å². The van der Waals surface area contributed by atoms with Crippen molar-refractivity contribution in [2.24, 2.45) is 5.73 Å². The molecule has 1 aromatic rings. The zero-order valence-electron chi connectivity index (χ0n) is 8.71. The summed E-state index contributed by atoms with van der Waals surface area (Å²) in [6.07, 6.45) is 0.184. The van der Waals surface area contributed by atoms with E-state index >= 15 is 0 Å². The lowest BCUT2D eigenvalue weighted by Gasteiger charge is -2.06. The maximum atomic E-state index is 11.5. The Morgan fingerprint density at radius 3 is 2.50 bits per heavy atom. The molecule has 0 aliphatic rings. The van der Waals surface area contributed by atoms with E-state index in [1.807, 2.05) is 0 Å². The largest absolute Gasteiger partial charge is 0.372 e. The first-order valence-corrected chi connectivity index (χ1v) is 5.63. The average Bonchev–Trinajstić information content (AvgIpc) is 2.24. The predicted molar refractivity (Wildman–Crippen MR) is 65.0 cm³/mol. The molecule has 0 aliphatic carbocycles. The van der Waals surface area contributed by atoms with E-state index in [1.54, 1.807) is 18.2 Å². The van der Waals surface area contributed by atoms with Crippen LogP contribution < -0.4 is 5.73 Å². The molecular formula is C11H13Cl2NO2. The van der Waals surface area contributed by atoms with Crippen LogP contribution in [0.1, 0.15) is 5.56 Å². The highest BCUT2D eigenvalue weighted by Crippen LogP contribution is 2.24.